The molecule has 0 fully saturated rings. The van der Waals surface area contributed by atoms with Crippen LogP contribution in [0.1, 0.15) is 12.5 Å². The van der Waals surface area contributed by atoms with Crippen molar-refractivity contribution in [1.82, 2.24) is 14.5 Å². The SMILES string of the molecule is CC(=O)O.COCCNc1ncnc2c1c(-c1ccc(Cl)cc1)c(-c1ccc(Cl)cc1)n2-c1cccc(C)c1. The van der Waals surface area contributed by atoms with Crippen molar-refractivity contribution < 1.29 is 14.6 Å². The summed E-state index contributed by atoms with van der Waals surface area (Å²) in [6, 6.07) is 24.2. The second-order valence-electron chi connectivity index (χ2n) is 8.77. The number of hydrogen-bond acceptors (Lipinski definition) is 5. The molecule has 3 aromatic carbocycles. The molecule has 0 radical (unpaired) electrons. The lowest BCUT2D eigenvalue weighted by Gasteiger charge is -2.13. The first-order valence-electron chi connectivity index (χ1n) is 12.2. The van der Waals surface area contributed by atoms with Crippen LogP contribution in [-0.4, -0.2) is 45.9 Å². The number of anilines is 1. The minimum Gasteiger partial charge on any atom is -0.481 e. The van der Waals surface area contributed by atoms with Crippen molar-refractivity contribution in [2.24, 2.45) is 0 Å². The summed E-state index contributed by atoms with van der Waals surface area (Å²) in [5.41, 5.74) is 7.03. The van der Waals surface area contributed by atoms with Gasteiger partial charge < -0.3 is 15.2 Å². The molecule has 0 unspecified atom stereocenters. The van der Waals surface area contributed by atoms with Crippen LogP contribution in [0.4, 0.5) is 5.82 Å². The predicted molar refractivity (Wildman–Crippen MR) is 158 cm³/mol. The monoisotopic (exact) mass is 562 g/mol. The smallest absolute Gasteiger partial charge is 0.300 e. The lowest BCUT2D eigenvalue weighted by atomic mass is 9.98. The number of nitrogens with zero attached hydrogens (tertiary/aromatic N) is 3. The Morgan fingerprint density at radius 2 is 1.59 bits per heavy atom. The Kier molecular flexibility index (Phi) is 9.19. The maximum atomic E-state index is 9.00. The van der Waals surface area contributed by atoms with E-state index in [1.54, 1.807) is 13.4 Å². The minimum absolute atomic E-state index is 0.560. The number of halogens is 2. The second-order valence-corrected chi connectivity index (χ2v) is 9.64. The maximum Gasteiger partial charge on any atom is 0.300 e. The number of rotatable bonds is 7. The summed E-state index contributed by atoms with van der Waals surface area (Å²) in [4.78, 5) is 18.4. The molecular formula is C30H28Cl2N4O3. The topological polar surface area (TPSA) is 89.3 Å². The molecule has 0 amide bonds. The Morgan fingerprint density at radius 1 is 0.974 bits per heavy atom. The van der Waals surface area contributed by atoms with E-state index in [2.05, 4.69) is 46.1 Å². The normalized spacial score (nSPS) is 10.7. The van der Waals surface area contributed by atoms with Crippen molar-refractivity contribution in [3.05, 3.63) is 94.7 Å². The Bertz CT molecular complexity index is 1580. The average molecular weight is 563 g/mol. The highest BCUT2D eigenvalue weighted by atomic mass is 35.5. The summed E-state index contributed by atoms with van der Waals surface area (Å²) in [5.74, 6) is -0.0846. The van der Waals surface area contributed by atoms with Gasteiger partial charge in [0.25, 0.3) is 5.97 Å². The third-order valence-corrected chi connectivity index (χ3v) is 6.36. The molecule has 39 heavy (non-hydrogen) atoms. The lowest BCUT2D eigenvalue weighted by molar-refractivity contribution is -0.134. The molecule has 0 aliphatic carbocycles. The summed E-state index contributed by atoms with van der Waals surface area (Å²) in [7, 11) is 1.68. The van der Waals surface area contributed by atoms with Gasteiger partial charge in [0, 0.05) is 41.9 Å². The van der Waals surface area contributed by atoms with E-state index in [1.807, 2.05) is 48.5 Å². The van der Waals surface area contributed by atoms with Gasteiger partial charge in [-0.05, 0) is 60.0 Å². The highest BCUT2D eigenvalue weighted by Crippen LogP contribution is 2.44. The molecule has 7 nitrogen and oxygen atoms in total. The van der Waals surface area contributed by atoms with Crippen molar-refractivity contribution in [2.45, 2.75) is 13.8 Å². The molecule has 0 aliphatic rings. The number of nitrogens with one attached hydrogen (secondary N) is 1. The van der Waals surface area contributed by atoms with Gasteiger partial charge in [-0.15, -0.1) is 0 Å². The van der Waals surface area contributed by atoms with E-state index >= 15 is 0 Å². The molecule has 200 valence electrons. The van der Waals surface area contributed by atoms with Crippen LogP contribution in [0.25, 0.3) is 39.1 Å². The van der Waals surface area contributed by atoms with Crippen molar-refractivity contribution in [3.63, 3.8) is 0 Å². The fourth-order valence-electron chi connectivity index (χ4n) is 4.31. The van der Waals surface area contributed by atoms with Crippen LogP contribution in [0.5, 0.6) is 0 Å². The molecule has 0 aliphatic heterocycles. The number of benzene rings is 3. The second kappa shape index (κ2) is 12.8. The van der Waals surface area contributed by atoms with Crippen LogP contribution in [0.3, 0.4) is 0 Å². The Hall–Kier alpha value is -3.91. The van der Waals surface area contributed by atoms with Gasteiger partial charge >= 0.3 is 0 Å². The molecule has 9 heteroatoms. The first kappa shape index (κ1) is 28.1. The number of aryl methyl sites for hydroxylation is 1. The van der Waals surface area contributed by atoms with Crippen LogP contribution in [0, 0.1) is 6.92 Å². The highest BCUT2D eigenvalue weighted by Gasteiger charge is 2.25. The summed E-state index contributed by atoms with van der Waals surface area (Å²) in [6.07, 6.45) is 1.60. The van der Waals surface area contributed by atoms with E-state index in [-0.39, 0.29) is 0 Å². The number of carboxylic acids is 1. The number of carboxylic acid groups (broad SMARTS) is 1. The van der Waals surface area contributed by atoms with Crippen LogP contribution in [0.2, 0.25) is 10.0 Å². The number of aromatic nitrogens is 3. The molecule has 0 atom stereocenters. The molecule has 5 aromatic rings. The Labute approximate surface area is 237 Å². The van der Waals surface area contributed by atoms with Gasteiger partial charge in [-0.25, -0.2) is 9.97 Å². The minimum atomic E-state index is -0.833. The standard InChI is InChI=1S/C28H24Cl2N4O.C2H4O2/c1-18-4-3-5-23(16-18)34-26(20-8-12-22(30)13-9-20)24(19-6-10-21(29)11-7-19)25-27(31-14-15-35-2)32-17-33-28(25)34;1-2(3)4/h3-13,16-17H,14-15H2,1-2H3,(H,31,32,33);1H3,(H,3,4). The van der Waals surface area contributed by atoms with E-state index < -0.39 is 5.97 Å². The van der Waals surface area contributed by atoms with E-state index in [0.29, 0.717) is 23.2 Å². The van der Waals surface area contributed by atoms with Gasteiger partial charge in [0.15, 0.2) is 5.65 Å². The van der Waals surface area contributed by atoms with Gasteiger partial charge in [0.1, 0.15) is 12.1 Å². The molecule has 2 heterocycles. The van der Waals surface area contributed by atoms with E-state index in [0.717, 1.165) is 57.4 Å². The zero-order chi connectivity index (χ0) is 27.9. The fraction of sp³-hybridized carbons (Fsp3) is 0.167. The summed E-state index contributed by atoms with van der Waals surface area (Å²) >= 11 is 12.5. The van der Waals surface area contributed by atoms with Gasteiger partial charge in [0.05, 0.1) is 17.7 Å². The summed E-state index contributed by atoms with van der Waals surface area (Å²) in [5, 5.41) is 13.1. The zero-order valence-corrected chi connectivity index (χ0v) is 23.3. The fourth-order valence-corrected chi connectivity index (χ4v) is 4.57. The molecular weight excluding hydrogens is 535 g/mol. The highest BCUT2D eigenvalue weighted by molar-refractivity contribution is 6.31. The number of methoxy groups -OCH3 is 1. The average Bonchev–Trinajstić information content (AvgIpc) is 3.25. The van der Waals surface area contributed by atoms with Crippen molar-refractivity contribution in [1.29, 1.82) is 0 Å². The number of fused-ring (bicyclic) bond motifs is 1. The predicted octanol–water partition coefficient (Wildman–Crippen LogP) is 7.52. The first-order valence-corrected chi connectivity index (χ1v) is 13.0. The molecule has 0 bridgehead atoms. The quantitative estimate of drug-likeness (QED) is 0.199. The van der Waals surface area contributed by atoms with Crippen molar-refractivity contribution in [3.8, 4) is 28.1 Å². The first-order chi connectivity index (χ1) is 18.8. The summed E-state index contributed by atoms with van der Waals surface area (Å²) < 4.78 is 7.45. The largest absolute Gasteiger partial charge is 0.481 e. The van der Waals surface area contributed by atoms with Gasteiger partial charge in [-0.2, -0.15) is 0 Å². The summed E-state index contributed by atoms with van der Waals surface area (Å²) in [6.45, 7) is 4.35. The van der Waals surface area contributed by atoms with Gasteiger partial charge in [-0.3, -0.25) is 9.36 Å². The van der Waals surface area contributed by atoms with Crippen LogP contribution in [-0.2, 0) is 9.53 Å². The van der Waals surface area contributed by atoms with Crippen LogP contribution in [0.15, 0.2) is 79.1 Å². The third kappa shape index (κ3) is 6.57. The Morgan fingerprint density at radius 3 is 2.18 bits per heavy atom. The number of aliphatic carboxylic acids is 1. The molecule has 5 rings (SSSR count). The van der Waals surface area contributed by atoms with Crippen LogP contribution < -0.4 is 5.32 Å². The number of hydrogen-bond donors (Lipinski definition) is 2. The van der Waals surface area contributed by atoms with E-state index in [4.69, 9.17) is 42.8 Å². The zero-order valence-electron chi connectivity index (χ0n) is 21.8. The van der Waals surface area contributed by atoms with E-state index in [1.165, 1.54) is 0 Å². The van der Waals surface area contributed by atoms with Crippen molar-refractivity contribution >= 4 is 46.0 Å². The molecule has 0 saturated carbocycles. The maximum absolute atomic E-state index is 9.00. The lowest BCUT2D eigenvalue weighted by Crippen LogP contribution is -2.09. The molecule has 2 N–H and O–H groups in total. The molecule has 0 spiro atoms. The number of carbonyl (C=O) groups is 1. The molecule has 2 aromatic heterocycles. The number of ether oxygens (including phenoxy) is 1. The van der Waals surface area contributed by atoms with Crippen LogP contribution >= 0.6 is 23.2 Å². The van der Waals surface area contributed by atoms with Crippen molar-refractivity contribution in [2.75, 3.05) is 25.6 Å². The Balaban J connectivity index is 0.000000826. The van der Waals surface area contributed by atoms with E-state index in [9.17, 15) is 0 Å². The molecule has 0 saturated heterocycles. The van der Waals surface area contributed by atoms with Gasteiger partial charge in [-0.1, -0.05) is 59.6 Å². The van der Waals surface area contributed by atoms with Gasteiger partial charge in [0.2, 0.25) is 0 Å². The third-order valence-electron chi connectivity index (χ3n) is 5.86.